The molecule has 1 heterocycles. The normalized spacial score (nSPS) is 10.0. The topological polar surface area (TPSA) is 12.9 Å². The Balaban J connectivity index is 0.000000704. The van der Waals surface area contributed by atoms with Crippen molar-refractivity contribution in [2.45, 2.75) is 27.7 Å². The number of benzene rings is 2. The summed E-state index contributed by atoms with van der Waals surface area (Å²) in [7, 11) is 0. The lowest BCUT2D eigenvalue weighted by Crippen LogP contribution is -1.86. The van der Waals surface area contributed by atoms with Crippen LogP contribution in [0.25, 0.3) is 22.2 Å². The van der Waals surface area contributed by atoms with Crippen LogP contribution >= 0.6 is 0 Å². The average Bonchev–Trinajstić information content (AvgIpc) is 2.48. The number of hydrogen-bond donors (Lipinski definition) is 0. The molecular weight excluding hydrogens is 242 g/mol. The number of aryl methyl sites for hydroxylation is 2. The van der Waals surface area contributed by atoms with E-state index in [0.717, 1.165) is 11.2 Å². The number of rotatable bonds is 1. The smallest absolute Gasteiger partial charge is 0.0712 e. The minimum atomic E-state index is 1.04. The Morgan fingerprint density at radius 1 is 0.750 bits per heavy atom. The molecule has 0 saturated carbocycles. The Kier molecular flexibility index (Phi) is 4.52. The molecule has 2 aromatic carbocycles. The first-order valence-corrected chi connectivity index (χ1v) is 7.17. The van der Waals surface area contributed by atoms with Gasteiger partial charge in [0, 0.05) is 10.9 Å². The van der Waals surface area contributed by atoms with Crippen LogP contribution in [0.3, 0.4) is 0 Å². The van der Waals surface area contributed by atoms with Crippen LogP contribution < -0.4 is 0 Å². The van der Waals surface area contributed by atoms with E-state index >= 15 is 0 Å². The van der Waals surface area contributed by atoms with Crippen LogP contribution in [0, 0.1) is 13.8 Å². The summed E-state index contributed by atoms with van der Waals surface area (Å²) < 4.78 is 0. The first-order valence-electron chi connectivity index (χ1n) is 7.17. The summed E-state index contributed by atoms with van der Waals surface area (Å²) in [5.41, 5.74) is 5.79. The highest BCUT2D eigenvalue weighted by molar-refractivity contribution is 5.82. The van der Waals surface area contributed by atoms with Gasteiger partial charge in [0.2, 0.25) is 0 Å². The third kappa shape index (κ3) is 3.05. The molecule has 0 unspecified atom stereocenters. The van der Waals surface area contributed by atoms with Gasteiger partial charge in [0.25, 0.3) is 0 Å². The zero-order chi connectivity index (χ0) is 14.5. The Morgan fingerprint density at radius 3 is 2.20 bits per heavy atom. The summed E-state index contributed by atoms with van der Waals surface area (Å²) in [5.74, 6) is 0. The Morgan fingerprint density at radius 2 is 1.45 bits per heavy atom. The van der Waals surface area contributed by atoms with E-state index in [1.807, 2.05) is 13.8 Å². The second kappa shape index (κ2) is 6.33. The molecule has 0 radical (unpaired) electrons. The standard InChI is InChI=1S/C17H15N.C2H6/c1-12-4-3-5-15(10-12)16-9-8-14-7-6-13(2)11-17(14)18-16;1-2/h3-11H,1-2H3;1-2H3. The van der Waals surface area contributed by atoms with Gasteiger partial charge in [-0.25, -0.2) is 4.98 Å². The van der Waals surface area contributed by atoms with E-state index in [0.29, 0.717) is 0 Å². The van der Waals surface area contributed by atoms with Gasteiger partial charge in [-0.05, 0) is 37.6 Å². The Labute approximate surface area is 121 Å². The van der Waals surface area contributed by atoms with Crippen molar-refractivity contribution in [1.29, 1.82) is 0 Å². The molecule has 0 saturated heterocycles. The fraction of sp³-hybridized carbons (Fsp3) is 0.211. The molecule has 20 heavy (non-hydrogen) atoms. The highest BCUT2D eigenvalue weighted by Crippen LogP contribution is 2.22. The van der Waals surface area contributed by atoms with E-state index in [9.17, 15) is 0 Å². The monoisotopic (exact) mass is 263 g/mol. The minimum absolute atomic E-state index is 1.04. The third-order valence-electron chi connectivity index (χ3n) is 3.16. The summed E-state index contributed by atoms with van der Waals surface area (Å²) in [4.78, 5) is 4.75. The molecule has 1 nitrogen and oxygen atoms in total. The van der Waals surface area contributed by atoms with Crippen LogP contribution in [-0.2, 0) is 0 Å². The molecule has 0 amide bonds. The van der Waals surface area contributed by atoms with Crippen molar-refractivity contribution in [2.75, 3.05) is 0 Å². The zero-order valence-electron chi connectivity index (χ0n) is 12.6. The molecule has 0 spiro atoms. The van der Waals surface area contributed by atoms with Crippen LogP contribution in [0.15, 0.2) is 54.6 Å². The minimum Gasteiger partial charge on any atom is -0.248 e. The maximum atomic E-state index is 4.75. The van der Waals surface area contributed by atoms with Crippen LogP contribution in [-0.4, -0.2) is 4.98 Å². The van der Waals surface area contributed by atoms with Gasteiger partial charge >= 0.3 is 0 Å². The van der Waals surface area contributed by atoms with E-state index in [1.165, 1.54) is 22.1 Å². The van der Waals surface area contributed by atoms with Crippen LogP contribution in [0.1, 0.15) is 25.0 Å². The predicted octanol–water partition coefficient (Wildman–Crippen LogP) is 5.54. The number of nitrogens with zero attached hydrogens (tertiary/aromatic N) is 1. The largest absolute Gasteiger partial charge is 0.248 e. The van der Waals surface area contributed by atoms with Crippen molar-refractivity contribution in [3.05, 3.63) is 65.7 Å². The Bertz CT molecular complexity index is 714. The van der Waals surface area contributed by atoms with E-state index in [1.54, 1.807) is 0 Å². The average molecular weight is 263 g/mol. The molecule has 3 rings (SSSR count). The first-order chi connectivity index (χ1) is 9.72. The quantitative estimate of drug-likeness (QED) is 0.561. The third-order valence-corrected chi connectivity index (χ3v) is 3.16. The maximum Gasteiger partial charge on any atom is 0.0712 e. The van der Waals surface area contributed by atoms with E-state index in [-0.39, 0.29) is 0 Å². The molecule has 0 aliphatic carbocycles. The molecule has 1 aromatic heterocycles. The van der Waals surface area contributed by atoms with Gasteiger partial charge < -0.3 is 0 Å². The van der Waals surface area contributed by atoms with Crippen molar-refractivity contribution < 1.29 is 0 Å². The lowest BCUT2D eigenvalue weighted by molar-refractivity contribution is 1.37. The molecular formula is C19H21N. The van der Waals surface area contributed by atoms with Crippen molar-refractivity contribution in [1.82, 2.24) is 4.98 Å². The van der Waals surface area contributed by atoms with Crippen LogP contribution in [0.5, 0.6) is 0 Å². The van der Waals surface area contributed by atoms with Crippen LogP contribution in [0.4, 0.5) is 0 Å². The van der Waals surface area contributed by atoms with Crippen molar-refractivity contribution in [2.24, 2.45) is 0 Å². The van der Waals surface area contributed by atoms with Gasteiger partial charge in [-0.1, -0.05) is 55.8 Å². The summed E-state index contributed by atoms with van der Waals surface area (Å²) >= 11 is 0. The zero-order valence-corrected chi connectivity index (χ0v) is 12.6. The van der Waals surface area contributed by atoms with Crippen molar-refractivity contribution >= 4 is 10.9 Å². The second-order valence-corrected chi connectivity index (χ2v) is 4.76. The number of pyridine rings is 1. The summed E-state index contributed by atoms with van der Waals surface area (Å²) in [6, 6.07) is 19.1. The fourth-order valence-electron chi connectivity index (χ4n) is 2.19. The van der Waals surface area contributed by atoms with E-state index in [2.05, 4.69) is 68.4 Å². The lowest BCUT2D eigenvalue weighted by atomic mass is 10.1. The summed E-state index contributed by atoms with van der Waals surface area (Å²) in [5, 5.41) is 1.19. The molecule has 0 aliphatic heterocycles. The Hall–Kier alpha value is -2.15. The SMILES string of the molecule is CC.Cc1cccc(-c2ccc3ccc(C)cc3n2)c1. The molecule has 0 bridgehead atoms. The molecule has 0 N–H and O–H groups in total. The number of hydrogen-bond acceptors (Lipinski definition) is 1. The predicted molar refractivity (Wildman–Crippen MR) is 88.0 cm³/mol. The molecule has 0 atom stereocenters. The van der Waals surface area contributed by atoms with E-state index in [4.69, 9.17) is 4.98 Å². The van der Waals surface area contributed by atoms with Gasteiger partial charge in [0.1, 0.15) is 0 Å². The summed E-state index contributed by atoms with van der Waals surface area (Å²) in [6.45, 7) is 8.20. The maximum absolute atomic E-state index is 4.75. The van der Waals surface area contributed by atoms with Crippen molar-refractivity contribution in [3.63, 3.8) is 0 Å². The van der Waals surface area contributed by atoms with Gasteiger partial charge in [0.15, 0.2) is 0 Å². The van der Waals surface area contributed by atoms with Gasteiger partial charge in [-0.3, -0.25) is 0 Å². The fourth-order valence-corrected chi connectivity index (χ4v) is 2.19. The second-order valence-electron chi connectivity index (χ2n) is 4.76. The molecule has 0 aliphatic rings. The molecule has 0 fully saturated rings. The highest BCUT2D eigenvalue weighted by Gasteiger charge is 2.01. The first kappa shape index (κ1) is 14.3. The van der Waals surface area contributed by atoms with Crippen LogP contribution in [0.2, 0.25) is 0 Å². The highest BCUT2D eigenvalue weighted by atomic mass is 14.7. The molecule has 1 heteroatoms. The van der Waals surface area contributed by atoms with E-state index < -0.39 is 0 Å². The van der Waals surface area contributed by atoms with Gasteiger partial charge in [-0.2, -0.15) is 0 Å². The number of aromatic nitrogens is 1. The van der Waals surface area contributed by atoms with Gasteiger partial charge in [0.05, 0.1) is 11.2 Å². The van der Waals surface area contributed by atoms with Gasteiger partial charge in [-0.15, -0.1) is 0 Å². The molecule has 102 valence electrons. The number of fused-ring (bicyclic) bond motifs is 1. The lowest BCUT2D eigenvalue weighted by Gasteiger charge is -2.05. The molecule has 3 aromatic rings. The summed E-state index contributed by atoms with van der Waals surface area (Å²) in [6.07, 6.45) is 0. The van der Waals surface area contributed by atoms with Crippen molar-refractivity contribution in [3.8, 4) is 11.3 Å².